The normalized spacial score (nSPS) is 16.7. The van der Waals surface area contributed by atoms with Crippen LogP contribution < -0.4 is 4.72 Å². The number of piperidine rings is 1. The monoisotopic (exact) mass is 393 g/mol. The van der Waals surface area contributed by atoms with Crippen molar-refractivity contribution in [3.8, 4) is 0 Å². The van der Waals surface area contributed by atoms with Gasteiger partial charge in [-0.2, -0.15) is 0 Å². The molecule has 148 valence electrons. The maximum atomic E-state index is 12.5. The topological polar surface area (TPSA) is 91.5 Å². The SMILES string of the molecule is Cc1ccc2[nH]cc(C(=O)OCC3CCN(CCNS(C)(=O)=O)CC3)c2c1. The lowest BCUT2D eigenvalue weighted by atomic mass is 9.98. The number of nitrogens with one attached hydrogen (secondary N) is 2. The van der Waals surface area contributed by atoms with Crippen molar-refractivity contribution in [2.75, 3.05) is 39.0 Å². The molecule has 1 saturated heterocycles. The van der Waals surface area contributed by atoms with E-state index >= 15 is 0 Å². The van der Waals surface area contributed by atoms with Crippen molar-refractivity contribution in [3.05, 3.63) is 35.5 Å². The van der Waals surface area contributed by atoms with Gasteiger partial charge in [0.1, 0.15) is 0 Å². The largest absolute Gasteiger partial charge is 0.462 e. The van der Waals surface area contributed by atoms with Crippen LogP contribution in [-0.4, -0.2) is 63.3 Å². The van der Waals surface area contributed by atoms with Gasteiger partial charge in [0.25, 0.3) is 0 Å². The number of ether oxygens (including phenoxy) is 1. The van der Waals surface area contributed by atoms with Gasteiger partial charge in [-0.15, -0.1) is 0 Å². The van der Waals surface area contributed by atoms with E-state index in [9.17, 15) is 13.2 Å². The van der Waals surface area contributed by atoms with Gasteiger partial charge in [-0.05, 0) is 50.9 Å². The lowest BCUT2D eigenvalue weighted by Crippen LogP contribution is -2.40. The van der Waals surface area contributed by atoms with Crippen molar-refractivity contribution < 1.29 is 17.9 Å². The number of aromatic amines is 1. The van der Waals surface area contributed by atoms with E-state index < -0.39 is 10.0 Å². The van der Waals surface area contributed by atoms with Gasteiger partial charge in [-0.1, -0.05) is 11.6 Å². The number of fused-ring (bicyclic) bond motifs is 1. The number of benzene rings is 1. The number of carbonyl (C=O) groups excluding carboxylic acids is 1. The third-order valence-electron chi connectivity index (χ3n) is 5.01. The fourth-order valence-electron chi connectivity index (χ4n) is 3.44. The highest BCUT2D eigenvalue weighted by Crippen LogP contribution is 2.22. The molecule has 0 saturated carbocycles. The van der Waals surface area contributed by atoms with Gasteiger partial charge in [0, 0.05) is 30.2 Å². The van der Waals surface area contributed by atoms with Gasteiger partial charge in [0.15, 0.2) is 0 Å². The molecule has 0 unspecified atom stereocenters. The molecule has 1 aromatic heterocycles. The van der Waals surface area contributed by atoms with Gasteiger partial charge >= 0.3 is 5.97 Å². The number of rotatable bonds is 7. The fourth-order valence-corrected chi connectivity index (χ4v) is 3.90. The minimum Gasteiger partial charge on any atom is -0.462 e. The van der Waals surface area contributed by atoms with Gasteiger partial charge in [0.2, 0.25) is 10.0 Å². The van der Waals surface area contributed by atoms with E-state index in [4.69, 9.17) is 4.74 Å². The summed E-state index contributed by atoms with van der Waals surface area (Å²) in [5.41, 5.74) is 2.62. The summed E-state index contributed by atoms with van der Waals surface area (Å²) in [6.07, 6.45) is 4.77. The molecule has 1 aliphatic heterocycles. The Labute approximate surface area is 160 Å². The molecule has 0 bridgehead atoms. The summed E-state index contributed by atoms with van der Waals surface area (Å²) in [4.78, 5) is 17.8. The summed E-state index contributed by atoms with van der Waals surface area (Å²) in [5, 5.41) is 0.896. The minimum atomic E-state index is -3.13. The average Bonchev–Trinajstić information content (AvgIpc) is 3.03. The molecule has 1 aliphatic rings. The summed E-state index contributed by atoms with van der Waals surface area (Å²) in [5.74, 6) is 0.0617. The van der Waals surface area contributed by atoms with Crippen molar-refractivity contribution >= 4 is 26.9 Å². The number of carbonyl (C=O) groups is 1. The Morgan fingerprint density at radius 3 is 2.78 bits per heavy atom. The van der Waals surface area contributed by atoms with Crippen LogP contribution in [0.15, 0.2) is 24.4 Å². The quantitative estimate of drug-likeness (QED) is 0.701. The summed E-state index contributed by atoms with van der Waals surface area (Å²) in [6.45, 7) is 5.33. The molecule has 0 radical (unpaired) electrons. The summed E-state index contributed by atoms with van der Waals surface area (Å²) in [7, 11) is -3.13. The Morgan fingerprint density at radius 2 is 2.07 bits per heavy atom. The van der Waals surface area contributed by atoms with Crippen LogP contribution in [0.25, 0.3) is 10.9 Å². The standard InChI is InChI=1S/C19H27N3O4S/c1-14-3-4-18-16(11-14)17(12-20-18)19(23)26-13-15-5-8-22(9-6-15)10-7-21-27(2,24)25/h3-4,11-12,15,20-21H,5-10,13H2,1-2H3. The predicted octanol–water partition coefficient (Wildman–Crippen LogP) is 1.89. The van der Waals surface area contributed by atoms with Crippen LogP contribution in [0.2, 0.25) is 0 Å². The molecule has 0 amide bonds. The first-order valence-corrected chi connectivity index (χ1v) is 11.1. The molecule has 1 fully saturated rings. The molecule has 3 rings (SSSR count). The third kappa shape index (κ3) is 5.54. The Kier molecular flexibility index (Phi) is 6.18. The molecule has 0 aliphatic carbocycles. The number of sulfonamides is 1. The maximum absolute atomic E-state index is 12.5. The van der Waals surface area contributed by atoms with E-state index in [1.54, 1.807) is 6.20 Å². The predicted molar refractivity (Wildman–Crippen MR) is 105 cm³/mol. The third-order valence-corrected chi connectivity index (χ3v) is 5.74. The second-order valence-electron chi connectivity index (χ2n) is 7.30. The van der Waals surface area contributed by atoms with Crippen LogP contribution in [0.3, 0.4) is 0 Å². The zero-order valence-corrected chi connectivity index (χ0v) is 16.6. The number of aromatic nitrogens is 1. The zero-order valence-electron chi connectivity index (χ0n) is 15.8. The molecule has 8 heteroatoms. The van der Waals surface area contributed by atoms with Crippen LogP contribution >= 0.6 is 0 Å². The Morgan fingerprint density at radius 1 is 1.33 bits per heavy atom. The molecule has 0 atom stereocenters. The van der Waals surface area contributed by atoms with Gasteiger partial charge in [0.05, 0.1) is 18.4 Å². The lowest BCUT2D eigenvalue weighted by Gasteiger charge is -2.31. The van der Waals surface area contributed by atoms with E-state index in [1.165, 1.54) is 6.26 Å². The minimum absolute atomic E-state index is 0.286. The Hall–Kier alpha value is -1.90. The first-order chi connectivity index (χ1) is 12.8. The summed E-state index contributed by atoms with van der Waals surface area (Å²) < 4.78 is 30.3. The zero-order chi connectivity index (χ0) is 19.4. The van der Waals surface area contributed by atoms with Crippen molar-refractivity contribution in [3.63, 3.8) is 0 Å². The van der Waals surface area contributed by atoms with Crippen LogP contribution in [0.1, 0.15) is 28.8 Å². The van der Waals surface area contributed by atoms with E-state index in [0.717, 1.165) is 42.4 Å². The number of esters is 1. The summed E-state index contributed by atoms with van der Waals surface area (Å²) >= 11 is 0. The molecular weight excluding hydrogens is 366 g/mol. The number of likely N-dealkylation sites (tertiary alicyclic amines) is 1. The van der Waals surface area contributed by atoms with E-state index in [2.05, 4.69) is 14.6 Å². The Bertz CT molecular complexity index is 899. The first kappa shape index (κ1) is 19.9. The highest BCUT2D eigenvalue weighted by atomic mass is 32.2. The number of hydrogen-bond acceptors (Lipinski definition) is 5. The Balaban J connectivity index is 1.44. The fraction of sp³-hybridized carbons (Fsp3) is 0.526. The van der Waals surface area contributed by atoms with Gasteiger partial charge in [-0.3, -0.25) is 0 Å². The molecule has 27 heavy (non-hydrogen) atoms. The second kappa shape index (κ2) is 8.41. The lowest BCUT2D eigenvalue weighted by molar-refractivity contribution is 0.0376. The van der Waals surface area contributed by atoms with Crippen molar-refractivity contribution in [2.24, 2.45) is 5.92 Å². The number of hydrogen-bond donors (Lipinski definition) is 2. The highest BCUT2D eigenvalue weighted by Gasteiger charge is 2.21. The first-order valence-electron chi connectivity index (χ1n) is 9.23. The van der Waals surface area contributed by atoms with Crippen LogP contribution in [0.4, 0.5) is 0 Å². The smallest absolute Gasteiger partial charge is 0.340 e. The highest BCUT2D eigenvalue weighted by molar-refractivity contribution is 7.88. The van der Waals surface area contributed by atoms with E-state index in [-0.39, 0.29) is 5.97 Å². The summed E-state index contributed by atoms with van der Waals surface area (Å²) in [6, 6.07) is 5.97. The molecule has 7 nitrogen and oxygen atoms in total. The molecule has 0 spiro atoms. The average molecular weight is 394 g/mol. The van der Waals surface area contributed by atoms with Crippen LogP contribution in [0, 0.1) is 12.8 Å². The molecule has 2 aromatic rings. The molecule has 2 heterocycles. The number of H-pyrrole nitrogens is 1. The van der Waals surface area contributed by atoms with Gasteiger partial charge < -0.3 is 14.6 Å². The number of aryl methyl sites for hydroxylation is 1. The van der Waals surface area contributed by atoms with Gasteiger partial charge in [-0.25, -0.2) is 17.9 Å². The van der Waals surface area contributed by atoms with E-state index in [1.807, 2.05) is 25.1 Å². The maximum Gasteiger partial charge on any atom is 0.340 e. The molecule has 1 aromatic carbocycles. The molecular formula is C19H27N3O4S. The van der Waals surface area contributed by atoms with Crippen molar-refractivity contribution in [1.29, 1.82) is 0 Å². The number of nitrogens with zero attached hydrogens (tertiary/aromatic N) is 1. The van der Waals surface area contributed by atoms with Crippen LogP contribution in [-0.2, 0) is 14.8 Å². The van der Waals surface area contributed by atoms with Crippen molar-refractivity contribution in [2.45, 2.75) is 19.8 Å². The molecule has 2 N–H and O–H groups in total. The van der Waals surface area contributed by atoms with E-state index in [0.29, 0.717) is 31.2 Å². The second-order valence-corrected chi connectivity index (χ2v) is 9.13. The van der Waals surface area contributed by atoms with Crippen LogP contribution in [0.5, 0.6) is 0 Å². The van der Waals surface area contributed by atoms with Crippen molar-refractivity contribution in [1.82, 2.24) is 14.6 Å².